The molecule has 1 fully saturated rings. The van der Waals surface area contributed by atoms with Gasteiger partial charge in [-0.15, -0.1) is 24.0 Å². The van der Waals surface area contributed by atoms with Crippen molar-refractivity contribution in [3.05, 3.63) is 34.9 Å². The largest absolute Gasteiger partial charge is 0.357 e. The van der Waals surface area contributed by atoms with Crippen LogP contribution >= 0.6 is 24.0 Å². The zero-order chi connectivity index (χ0) is 18.1. The van der Waals surface area contributed by atoms with Crippen LogP contribution < -0.4 is 16.0 Å². The summed E-state index contributed by atoms with van der Waals surface area (Å²) in [5, 5.41) is 9.65. The van der Waals surface area contributed by atoms with Crippen LogP contribution in [-0.4, -0.2) is 37.5 Å². The molecule has 6 heteroatoms. The van der Waals surface area contributed by atoms with Crippen LogP contribution in [0, 0.1) is 13.8 Å². The highest BCUT2D eigenvalue weighted by atomic mass is 127. The van der Waals surface area contributed by atoms with Crippen molar-refractivity contribution in [3.8, 4) is 0 Å². The summed E-state index contributed by atoms with van der Waals surface area (Å²) in [4.78, 5) is 16.2. The van der Waals surface area contributed by atoms with Crippen LogP contribution in [0.1, 0.15) is 49.3 Å². The van der Waals surface area contributed by atoms with Crippen LogP contribution in [-0.2, 0) is 11.2 Å². The molecule has 0 bridgehead atoms. The van der Waals surface area contributed by atoms with Gasteiger partial charge in [0.25, 0.3) is 0 Å². The van der Waals surface area contributed by atoms with E-state index in [2.05, 4.69) is 59.9 Å². The fourth-order valence-corrected chi connectivity index (χ4v) is 2.84. The van der Waals surface area contributed by atoms with E-state index in [0.717, 1.165) is 44.7 Å². The Hall–Kier alpha value is -1.31. The fourth-order valence-electron chi connectivity index (χ4n) is 2.84. The van der Waals surface area contributed by atoms with Gasteiger partial charge in [-0.25, -0.2) is 0 Å². The Bertz CT molecular complexity index is 579. The number of amides is 1. The van der Waals surface area contributed by atoms with Crippen molar-refractivity contribution < 1.29 is 4.79 Å². The lowest BCUT2D eigenvalue weighted by atomic mass is 10.1. The van der Waals surface area contributed by atoms with Gasteiger partial charge in [0.15, 0.2) is 5.96 Å². The summed E-state index contributed by atoms with van der Waals surface area (Å²) in [5.41, 5.74) is 3.96. The minimum atomic E-state index is 0. The molecule has 2 rings (SSSR count). The number of aliphatic imine (C=N–C) groups is 1. The van der Waals surface area contributed by atoms with Gasteiger partial charge in [0.2, 0.25) is 5.91 Å². The minimum Gasteiger partial charge on any atom is -0.357 e. The van der Waals surface area contributed by atoms with Crippen molar-refractivity contribution in [3.63, 3.8) is 0 Å². The smallest absolute Gasteiger partial charge is 0.220 e. The summed E-state index contributed by atoms with van der Waals surface area (Å²) < 4.78 is 0. The molecule has 0 spiro atoms. The molecule has 0 saturated heterocycles. The van der Waals surface area contributed by atoms with Gasteiger partial charge >= 0.3 is 0 Å². The quantitative estimate of drug-likeness (QED) is 0.224. The van der Waals surface area contributed by atoms with E-state index in [1.165, 1.54) is 16.7 Å². The Morgan fingerprint density at radius 3 is 2.46 bits per heavy atom. The topological polar surface area (TPSA) is 65.5 Å². The third kappa shape index (κ3) is 9.40. The molecule has 5 nitrogen and oxygen atoms in total. The molecule has 1 aliphatic carbocycles. The van der Waals surface area contributed by atoms with Crippen LogP contribution in [0.25, 0.3) is 0 Å². The van der Waals surface area contributed by atoms with E-state index in [4.69, 9.17) is 0 Å². The van der Waals surface area contributed by atoms with Crippen LogP contribution in [0.2, 0.25) is 0 Å². The number of carbonyl (C=O) groups excluding carboxylic acids is 1. The second-order valence-electron chi connectivity index (χ2n) is 6.88. The SMILES string of the molecule is CCNC(=NCCCC(=O)NC1CC1)NCCc1cc(C)cc(C)c1.I. The van der Waals surface area contributed by atoms with Gasteiger partial charge in [0.05, 0.1) is 0 Å². The normalized spacial score (nSPS) is 13.7. The molecule has 146 valence electrons. The minimum absolute atomic E-state index is 0. The summed E-state index contributed by atoms with van der Waals surface area (Å²) in [6, 6.07) is 7.11. The van der Waals surface area contributed by atoms with E-state index in [-0.39, 0.29) is 29.9 Å². The third-order valence-electron chi connectivity index (χ3n) is 4.11. The number of rotatable bonds is 9. The Kier molecular flexibility index (Phi) is 10.6. The third-order valence-corrected chi connectivity index (χ3v) is 4.11. The van der Waals surface area contributed by atoms with E-state index in [1.807, 2.05) is 0 Å². The Morgan fingerprint density at radius 1 is 1.15 bits per heavy atom. The van der Waals surface area contributed by atoms with Crippen molar-refractivity contribution in [2.75, 3.05) is 19.6 Å². The van der Waals surface area contributed by atoms with Gasteiger partial charge in [-0.3, -0.25) is 9.79 Å². The molecule has 3 N–H and O–H groups in total. The van der Waals surface area contributed by atoms with Gasteiger partial charge in [-0.2, -0.15) is 0 Å². The lowest BCUT2D eigenvalue weighted by Crippen LogP contribution is -2.38. The summed E-state index contributed by atoms with van der Waals surface area (Å²) >= 11 is 0. The lowest BCUT2D eigenvalue weighted by molar-refractivity contribution is -0.121. The first-order chi connectivity index (χ1) is 12.1. The first kappa shape index (κ1) is 22.7. The van der Waals surface area contributed by atoms with E-state index >= 15 is 0 Å². The van der Waals surface area contributed by atoms with Gasteiger partial charge in [0.1, 0.15) is 0 Å². The van der Waals surface area contributed by atoms with Crippen molar-refractivity contribution in [2.45, 2.75) is 58.9 Å². The molecular weight excluding hydrogens is 439 g/mol. The number of nitrogens with zero attached hydrogens (tertiary/aromatic N) is 1. The van der Waals surface area contributed by atoms with Crippen LogP contribution in [0.4, 0.5) is 0 Å². The highest BCUT2D eigenvalue weighted by Gasteiger charge is 2.22. The number of nitrogens with one attached hydrogen (secondary N) is 3. The molecule has 1 amide bonds. The average molecular weight is 472 g/mol. The monoisotopic (exact) mass is 472 g/mol. The van der Waals surface area contributed by atoms with Crippen LogP contribution in [0.15, 0.2) is 23.2 Å². The maximum absolute atomic E-state index is 11.7. The summed E-state index contributed by atoms with van der Waals surface area (Å²) in [6.45, 7) is 8.67. The van der Waals surface area contributed by atoms with E-state index in [1.54, 1.807) is 0 Å². The van der Waals surface area contributed by atoms with E-state index in [0.29, 0.717) is 19.0 Å². The number of carbonyl (C=O) groups is 1. The van der Waals surface area contributed by atoms with Gasteiger partial charge in [0, 0.05) is 32.1 Å². The maximum atomic E-state index is 11.7. The standard InChI is InChI=1S/C20H32N4O.HI/c1-4-21-20(22-10-5-6-19(25)24-18-7-8-18)23-11-9-17-13-15(2)12-16(3)14-17;/h12-14,18H,4-11H2,1-3H3,(H,24,25)(H2,21,22,23);1H. The van der Waals surface area contributed by atoms with Gasteiger partial charge < -0.3 is 16.0 Å². The van der Waals surface area contributed by atoms with Gasteiger partial charge in [-0.1, -0.05) is 29.3 Å². The Labute approximate surface area is 174 Å². The molecule has 0 unspecified atom stereocenters. The average Bonchev–Trinajstić information content (AvgIpc) is 3.34. The number of aryl methyl sites for hydroxylation is 2. The molecule has 0 aliphatic heterocycles. The second kappa shape index (κ2) is 12.1. The van der Waals surface area contributed by atoms with Crippen molar-refractivity contribution in [1.82, 2.24) is 16.0 Å². The van der Waals surface area contributed by atoms with Crippen molar-refractivity contribution in [1.29, 1.82) is 0 Å². The molecule has 1 saturated carbocycles. The van der Waals surface area contributed by atoms with E-state index < -0.39 is 0 Å². The van der Waals surface area contributed by atoms with Crippen molar-refractivity contribution >= 4 is 35.8 Å². The number of hydrogen-bond acceptors (Lipinski definition) is 2. The summed E-state index contributed by atoms with van der Waals surface area (Å²) in [7, 11) is 0. The number of hydrogen-bond donors (Lipinski definition) is 3. The second-order valence-corrected chi connectivity index (χ2v) is 6.88. The summed E-state index contributed by atoms with van der Waals surface area (Å²) in [6.07, 6.45) is 4.59. The number of benzene rings is 1. The Morgan fingerprint density at radius 2 is 1.85 bits per heavy atom. The zero-order valence-electron chi connectivity index (χ0n) is 16.2. The first-order valence-electron chi connectivity index (χ1n) is 9.45. The molecule has 0 aromatic heterocycles. The maximum Gasteiger partial charge on any atom is 0.220 e. The predicted octanol–water partition coefficient (Wildman–Crippen LogP) is 3.08. The fraction of sp³-hybridized carbons (Fsp3) is 0.600. The first-order valence-corrected chi connectivity index (χ1v) is 9.45. The summed E-state index contributed by atoms with van der Waals surface area (Å²) in [5.74, 6) is 0.986. The number of guanidine groups is 1. The molecule has 1 aromatic carbocycles. The van der Waals surface area contributed by atoms with Gasteiger partial charge in [-0.05, 0) is 52.0 Å². The molecular formula is C20H33IN4O. The molecule has 0 atom stereocenters. The predicted molar refractivity (Wildman–Crippen MR) is 119 cm³/mol. The van der Waals surface area contributed by atoms with Crippen LogP contribution in [0.3, 0.4) is 0 Å². The number of halogens is 1. The van der Waals surface area contributed by atoms with Crippen molar-refractivity contribution in [2.24, 2.45) is 4.99 Å². The molecule has 26 heavy (non-hydrogen) atoms. The molecule has 1 aliphatic rings. The van der Waals surface area contributed by atoms with Crippen LogP contribution in [0.5, 0.6) is 0 Å². The Balaban J connectivity index is 0.00000338. The zero-order valence-corrected chi connectivity index (χ0v) is 18.6. The lowest BCUT2D eigenvalue weighted by Gasteiger charge is -2.12. The molecule has 0 radical (unpaired) electrons. The van der Waals surface area contributed by atoms with E-state index in [9.17, 15) is 4.79 Å². The molecule has 1 aromatic rings. The highest BCUT2D eigenvalue weighted by molar-refractivity contribution is 14.0. The highest BCUT2D eigenvalue weighted by Crippen LogP contribution is 2.18. The molecule has 0 heterocycles.